The molecule has 0 aromatic heterocycles. The Balaban J connectivity index is 2.85. The Bertz CT molecular complexity index is 560. The third-order valence-corrected chi connectivity index (χ3v) is 2.82. The van der Waals surface area contributed by atoms with Crippen LogP contribution in [-0.2, 0) is 0 Å². The molecule has 0 heterocycles. The zero-order chi connectivity index (χ0) is 11.5. The molecular formula is C16H16. The summed E-state index contributed by atoms with van der Waals surface area (Å²) in [6, 6.07) is 12.8. The third-order valence-electron chi connectivity index (χ3n) is 2.82. The molecule has 0 radical (unpaired) electrons. The zero-order valence-electron chi connectivity index (χ0n) is 10.0. The highest BCUT2D eigenvalue weighted by atomic mass is 14.1. The van der Waals surface area contributed by atoms with E-state index in [9.17, 15) is 0 Å². The molecule has 0 fully saturated rings. The summed E-state index contributed by atoms with van der Waals surface area (Å²) in [5.74, 6) is 6.72. The number of hydrogen-bond donors (Lipinski definition) is 0. The van der Waals surface area contributed by atoms with Crippen molar-refractivity contribution in [2.75, 3.05) is 0 Å². The summed E-state index contributed by atoms with van der Waals surface area (Å²) < 4.78 is 0. The quantitative estimate of drug-likeness (QED) is 0.612. The van der Waals surface area contributed by atoms with E-state index in [2.05, 4.69) is 62.1 Å². The third kappa shape index (κ3) is 1.82. The summed E-state index contributed by atoms with van der Waals surface area (Å²) in [6.45, 7) is 6.34. The lowest BCUT2D eigenvalue weighted by Gasteiger charge is -2.11. The standard InChI is InChI=1S/C16H16/c1-4-7-13-8-5-9-14-10-6-11-15(12(2)3)16(13)14/h5-6,8-12H,1-3H3. The van der Waals surface area contributed by atoms with E-state index in [1.54, 1.807) is 0 Å². The molecule has 0 aliphatic carbocycles. The van der Waals surface area contributed by atoms with Gasteiger partial charge in [0.2, 0.25) is 0 Å². The maximum Gasteiger partial charge on any atom is 0.0326 e. The minimum atomic E-state index is 0.531. The number of hydrogen-bond acceptors (Lipinski definition) is 0. The van der Waals surface area contributed by atoms with E-state index >= 15 is 0 Å². The highest BCUT2D eigenvalue weighted by Gasteiger charge is 2.07. The molecular weight excluding hydrogens is 192 g/mol. The van der Waals surface area contributed by atoms with Crippen LogP contribution in [0.15, 0.2) is 36.4 Å². The maximum absolute atomic E-state index is 3.20. The molecule has 0 bridgehead atoms. The van der Waals surface area contributed by atoms with Gasteiger partial charge in [0, 0.05) is 10.9 Å². The molecule has 0 saturated carbocycles. The van der Waals surface area contributed by atoms with Gasteiger partial charge in [0.15, 0.2) is 0 Å². The van der Waals surface area contributed by atoms with Crippen molar-refractivity contribution in [2.45, 2.75) is 26.7 Å². The van der Waals surface area contributed by atoms with Crippen molar-refractivity contribution < 1.29 is 0 Å². The van der Waals surface area contributed by atoms with Crippen LogP contribution in [-0.4, -0.2) is 0 Å². The second-order valence-corrected chi connectivity index (χ2v) is 4.28. The second kappa shape index (κ2) is 4.41. The minimum Gasteiger partial charge on any atom is -0.101 e. The lowest BCUT2D eigenvalue weighted by atomic mass is 9.93. The van der Waals surface area contributed by atoms with E-state index in [1.165, 1.54) is 16.3 Å². The van der Waals surface area contributed by atoms with Crippen molar-refractivity contribution in [2.24, 2.45) is 0 Å². The van der Waals surface area contributed by atoms with Crippen LogP contribution in [0.25, 0.3) is 10.8 Å². The molecule has 0 amide bonds. The average molecular weight is 208 g/mol. The lowest BCUT2D eigenvalue weighted by molar-refractivity contribution is 0.876. The van der Waals surface area contributed by atoms with Crippen LogP contribution in [0.4, 0.5) is 0 Å². The monoisotopic (exact) mass is 208 g/mol. The van der Waals surface area contributed by atoms with Gasteiger partial charge in [-0.2, -0.15) is 0 Å². The first-order valence-corrected chi connectivity index (χ1v) is 5.68. The van der Waals surface area contributed by atoms with E-state index in [1.807, 2.05) is 6.92 Å². The normalized spacial score (nSPS) is 10.2. The smallest absolute Gasteiger partial charge is 0.0326 e. The van der Waals surface area contributed by atoms with E-state index in [0.29, 0.717) is 5.92 Å². The van der Waals surface area contributed by atoms with E-state index in [0.717, 1.165) is 5.56 Å². The van der Waals surface area contributed by atoms with Crippen LogP contribution in [0, 0.1) is 11.8 Å². The highest BCUT2D eigenvalue weighted by Crippen LogP contribution is 2.27. The largest absolute Gasteiger partial charge is 0.101 e. The van der Waals surface area contributed by atoms with Gasteiger partial charge in [0.1, 0.15) is 0 Å². The minimum absolute atomic E-state index is 0.531. The summed E-state index contributed by atoms with van der Waals surface area (Å²) in [4.78, 5) is 0. The Labute approximate surface area is 97.3 Å². The fourth-order valence-corrected chi connectivity index (χ4v) is 2.09. The molecule has 0 atom stereocenters. The molecule has 2 rings (SSSR count). The van der Waals surface area contributed by atoms with Gasteiger partial charge in [-0.1, -0.05) is 50.1 Å². The molecule has 16 heavy (non-hydrogen) atoms. The van der Waals surface area contributed by atoms with Crippen LogP contribution >= 0.6 is 0 Å². The van der Waals surface area contributed by atoms with Gasteiger partial charge in [-0.3, -0.25) is 0 Å². The zero-order valence-corrected chi connectivity index (χ0v) is 10.0. The fraction of sp³-hybridized carbons (Fsp3) is 0.250. The predicted octanol–water partition coefficient (Wildman–Crippen LogP) is 4.33. The average Bonchev–Trinajstić information content (AvgIpc) is 2.29. The summed E-state index contributed by atoms with van der Waals surface area (Å²) >= 11 is 0. The lowest BCUT2D eigenvalue weighted by Crippen LogP contribution is -1.91. The van der Waals surface area contributed by atoms with Gasteiger partial charge >= 0.3 is 0 Å². The van der Waals surface area contributed by atoms with Crippen molar-refractivity contribution in [3.63, 3.8) is 0 Å². The van der Waals surface area contributed by atoms with Crippen LogP contribution in [0.5, 0.6) is 0 Å². The van der Waals surface area contributed by atoms with Crippen molar-refractivity contribution in [1.82, 2.24) is 0 Å². The van der Waals surface area contributed by atoms with Crippen LogP contribution in [0.3, 0.4) is 0 Å². The summed E-state index contributed by atoms with van der Waals surface area (Å²) in [5, 5.41) is 2.60. The topological polar surface area (TPSA) is 0 Å². The first kappa shape index (κ1) is 10.8. The fourth-order valence-electron chi connectivity index (χ4n) is 2.09. The highest BCUT2D eigenvalue weighted by molar-refractivity contribution is 5.91. The molecule has 80 valence electrons. The van der Waals surface area contributed by atoms with Crippen LogP contribution in [0.1, 0.15) is 37.8 Å². The van der Waals surface area contributed by atoms with Gasteiger partial charge in [-0.15, -0.1) is 5.92 Å². The van der Waals surface area contributed by atoms with Crippen molar-refractivity contribution >= 4 is 10.8 Å². The maximum atomic E-state index is 3.20. The van der Waals surface area contributed by atoms with E-state index < -0.39 is 0 Å². The Hall–Kier alpha value is -1.74. The SMILES string of the molecule is CC#Cc1cccc2cccc(C(C)C)c12. The Morgan fingerprint density at radius 2 is 1.69 bits per heavy atom. The summed E-state index contributed by atoms with van der Waals surface area (Å²) in [7, 11) is 0. The Morgan fingerprint density at radius 3 is 2.31 bits per heavy atom. The number of fused-ring (bicyclic) bond motifs is 1. The summed E-state index contributed by atoms with van der Waals surface area (Å²) in [5.41, 5.74) is 2.53. The number of benzene rings is 2. The molecule has 0 aliphatic heterocycles. The van der Waals surface area contributed by atoms with Gasteiger partial charge in [-0.25, -0.2) is 0 Å². The first-order valence-electron chi connectivity index (χ1n) is 5.68. The van der Waals surface area contributed by atoms with Gasteiger partial charge in [-0.05, 0) is 29.9 Å². The van der Waals surface area contributed by atoms with E-state index in [-0.39, 0.29) is 0 Å². The second-order valence-electron chi connectivity index (χ2n) is 4.28. The molecule has 0 nitrogen and oxygen atoms in total. The summed E-state index contributed by atoms with van der Waals surface area (Å²) in [6.07, 6.45) is 0. The number of rotatable bonds is 1. The molecule has 0 saturated heterocycles. The molecule has 2 aromatic rings. The van der Waals surface area contributed by atoms with E-state index in [4.69, 9.17) is 0 Å². The van der Waals surface area contributed by atoms with Gasteiger partial charge < -0.3 is 0 Å². The Morgan fingerprint density at radius 1 is 1.00 bits per heavy atom. The molecule has 0 N–H and O–H groups in total. The van der Waals surface area contributed by atoms with Crippen molar-refractivity contribution in [3.8, 4) is 11.8 Å². The molecule has 0 spiro atoms. The van der Waals surface area contributed by atoms with Crippen LogP contribution in [0.2, 0.25) is 0 Å². The van der Waals surface area contributed by atoms with Crippen molar-refractivity contribution in [1.29, 1.82) is 0 Å². The molecule has 2 aromatic carbocycles. The van der Waals surface area contributed by atoms with Gasteiger partial charge in [0.25, 0.3) is 0 Å². The molecule has 0 aliphatic rings. The first-order chi connectivity index (χ1) is 7.74. The predicted molar refractivity (Wildman–Crippen MR) is 70.6 cm³/mol. The van der Waals surface area contributed by atoms with Crippen LogP contribution < -0.4 is 0 Å². The Kier molecular flexibility index (Phi) is 2.97. The van der Waals surface area contributed by atoms with Gasteiger partial charge in [0.05, 0.1) is 0 Å². The molecule has 0 heteroatoms. The molecule has 0 unspecified atom stereocenters. The van der Waals surface area contributed by atoms with Crippen molar-refractivity contribution in [3.05, 3.63) is 47.5 Å².